The third-order valence-electron chi connectivity index (χ3n) is 2.21. The lowest BCUT2D eigenvalue weighted by molar-refractivity contribution is -0.139. The summed E-state index contributed by atoms with van der Waals surface area (Å²) >= 11 is 5.45. The fourth-order valence-electron chi connectivity index (χ4n) is 1.36. The van der Waals surface area contributed by atoms with Crippen molar-refractivity contribution in [2.24, 2.45) is 5.73 Å². The van der Waals surface area contributed by atoms with Crippen LogP contribution in [0.4, 0.5) is 13.2 Å². The number of benzene rings is 1. The maximum atomic E-state index is 12.6. The summed E-state index contributed by atoms with van der Waals surface area (Å²) in [6.45, 7) is 0. The van der Waals surface area contributed by atoms with Gasteiger partial charge in [-0.3, -0.25) is 4.79 Å². The number of hydrogen-bond donors (Lipinski definition) is 3. The Morgan fingerprint density at radius 2 is 2.00 bits per heavy atom. The predicted octanol–water partition coefficient (Wildman–Crippen LogP) is 2.54. The van der Waals surface area contributed by atoms with Gasteiger partial charge in [0.1, 0.15) is 5.75 Å². The SMILES string of the molecule is NC(CC(=O)O)c1cc(Cl)c(O)c(C(F)(F)F)c1. The summed E-state index contributed by atoms with van der Waals surface area (Å²) in [6, 6.07) is 0.468. The van der Waals surface area contributed by atoms with Crippen LogP contribution in [0.25, 0.3) is 0 Å². The first-order chi connectivity index (χ1) is 8.12. The van der Waals surface area contributed by atoms with Gasteiger partial charge < -0.3 is 15.9 Å². The molecule has 0 amide bonds. The van der Waals surface area contributed by atoms with Gasteiger partial charge in [0.2, 0.25) is 0 Å². The molecule has 0 radical (unpaired) electrons. The van der Waals surface area contributed by atoms with E-state index >= 15 is 0 Å². The third kappa shape index (κ3) is 3.27. The van der Waals surface area contributed by atoms with Crippen LogP contribution in [0.1, 0.15) is 23.6 Å². The van der Waals surface area contributed by atoms with Gasteiger partial charge in [-0.2, -0.15) is 13.2 Å². The molecular weight excluding hydrogens is 275 g/mol. The Balaban J connectivity index is 3.24. The summed E-state index contributed by atoms with van der Waals surface area (Å²) in [5.74, 6) is -2.35. The summed E-state index contributed by atoms with van der Waals surface area (Å²) in [4.78, 5) is 10.4. The van der Waals surface area contributed by atoms with Crippen LogP contribution in [0.3, 0.4) is 0 Å². The van der Waals surface area contributed by atoms with Crippen LogP contribution in [-0.4, -0.2) is 16.2 Å². The van der Waals surface area contributed by atoms with Gasteiger partial charge in [-0.15, -0.1) is 0 Å². The molecule has 0 saturated heterocycles. The molecule has 4 N–H and O–H groups in total. The Morgan fingerprint density at radius 3 is 2.44 bits per heavy atom. The van der Waals surface area contributed by atoms with Crippen molar-refractivity contribution in [1.82, 2.24) is 0 Å². The standard InChI is InChI=1S/C10H9ClF3NO3/c11-6-2-4(7(15)3-8(16)17)1-5(9(6)18)10(12,13)14/h1-2,7,18H,3,15H2,(H,16,17). The van der Waals surface area contributed by atoms with Crippen LogP contribution in [-0.2, 0) is 11.0 Å². The van der Waals surface area contributed by atoms with E-state index in [2.05, 4.69) is 0 Å². The van der Waals surface area contributed by atoms with Crippen molar-refractivity contribution >= 4 is 17.6 Å². The van der Waals surface area contributed by atoms with Crippen LogP contribution in [0.2, 0.25) is 5.02 Å². The number of aliphatic carboxylic acids is 1. The summed E-state index contributed by atoms with van der Waals surface area (Å²) in [6.07, 6.45) is -5.34. The van der Waals surface area contributed by atoms with Crippen molar-refractivity contribution in [3.8, 4) is 5.75 Å². The van der Waals surface area contributed by atoms with Crippen LogP contribution in [0.5, 0.6) is 5.75 Å². The zero-order valence-electron chi connectivity index (χ0n) is 8.83. The summed E-state index contributed by atoms with van der Waals surface area (Å²) in [5.41, 5.74) is 3.99. The number of aromatic hydroxyl groups is 1. The molecule has 1 aromatic rings. The Labute approximate surface area is 105 Å². The number of carbonyl (C=O) groups is 1. The van der Waals surface area contributed by atoms with Gasteiger partial charge in [0.15, 0.2) is 0 Å². The van der Waals surface area contributed by atoms with E-state index in [-0.39, 0.29) is 5.56 Å². The van der Waals surface area contributed by atoms with Crippen molar-refractivity contribution in [2.45, 2.75) is 18.6 Å². The maximum Gasteiger partial charge on any atom is 0.420 e. The normalized spacial score (nSPS) is 13.4. The lowest BCUT2D eigenvalue weighted by Gasteiger charge is -2.15. The molecule has 1 aromatic carbocycles. The van der Waals surface area contributed by atoms with E-state index in [0.717, 1.165) is 6.07 Å². The first-order valence-electron chi connectivity index (χ1n) is 4.70. The average Bonchev–Trinajstić information content (AvgIpc) is 2.18. The lowest BCUT2D eigenvalue weighted by Crippen LogP contribution is -2.16. The lowest BCUT2D eigenvalue weighted by atomic mass is 10.0. The Morgan fingerprint density at radius 1 is 1.44 bits per heavy atom. The van der Waals surface area contributed by atoms with Crippen LogP contribution < -0.4 is 5.73 Å². The third-order valence-corrected chi connectivity index (χ3v) is 2.50. The molecule has 0 spiro atoms. The number of carboxylic acid groups (broad SMARTS) is 1. The largest absolute Gasteiger partial charge is 0.506 e. The molecule has 0 aliphatic carbocycles. The molecule has 0 aliphatic heterocycles. The number of nitrogens with two attached hydrogens (primary N) is 1. The molecule has 0 saturated carbocycles. The number of alkyl halides is 3. The van der Waals surface area contributed by atoms with Gasteiger partial charge in [-0.1, -0.05) is 11.6 Å². The first kappa shape index (κ1) is 14.6. The minimum Gasteiger partial charge on any atom is -0.506 e. The zero-order chi connectivity index (χ0) is 14.1. The number of halogens is 4. The Bertz CT molecular complexity index is 476. The highest BCUT2D eigenvalue weighted by molar-refractivity contribution is 6.32. The number of phenolic OH excluding ortho intramolecular Hbond substituents is 1. The quantitative estimate of drug-likeness (QED) is 0.796. The minimum absolute atomic E-state index is 0.104. The zero-order valence-corrected chi connectivity index (χ0v) is 9.59. The van der Waals surface area contributed by atoms with Crippen molar-refractivity contribution in [3.63, 3.8) is 0 Å². The summed E-state index contributed by atoms with van der Waals surface area (Å²) in [7, 11) is 0. The molecule has 1 rings (SSSR count). The second kappa shape index (κ2) is 5.03. The fourth-order valence-corrected chi connectivity index (χ4v) is 1.58. The molecule has 18 heavy (non-hydrogen) atoms. The monoisotopic (exact) mass is 283 g/mol. The van der Waals surface area contributed by atoms with E-state index in [0.29, 0.717) is 6.07 Å². The molecular formula is C10H9ClF3NO3. The van der Waals surface area contributed by atoms with E-state index < -0.39 is 40.9 Å². The van der Waals surface area contributed by atoms with E-state index in [9.17, 15) is 23.1 Å². The van der Waals surface area contributed by atoms with Gasteiger partial charge in [0.25, 0.3) is 0 Å². The fraction of sp³-hybridized carbons (Fsp3) is 0.300. The molecule has 0 heterocycles. The number of phenols is 1. The van der Waals surface area contributed by atoms with E-state index in [1.807, 2.05) is 0 Å². The van der Waals surface area contributed by atoms with E-state index in [1.165, 1.54) is 0 Å². The van der Waals surface area contributed by atoms with Gasteiger partial charge in [0.05, 0.1) is 17.0 Å². The molecule has 4 nitrogen and oxygen atoms in total. The van der Waals surface area contributed by atoms with Gasteiger partial charge in [-0.05, 0) is 17.7 Å². The number of carboxylic acids is 1. The predicted molar refractivity (Wildman–Crippen MR) is 57.3 cm³/mol. The number of hydrogen-bond acceptors (Lipinski definition) is 3. The van der Waals surface area contributed by atoms with E-state index in [4.69, 9.17) is 22.4 Å². The highest BCUT2D eigenvalue weighted by atomic mass is 35.5. The van der Waals surface area contributed by atoms with Gasteiger partial charge in [-0.25, -0.2) is 0 Å². The van der Waals surface area contributed by atoms with Gasteiger partial charge >= 0.3 is 12.1 Å². The van der Waals surface area contributed by atoms with Crippen molar-refractivity contribution in [2.75, 3.05) is 0 Å². The first-order valence-corrected chi connectivity index (χ1v) is 5.07. The molecule has 1 unspecified atom stereocenters. The van der Waals surface area contributed by atoms with Crippen molar-refractivity contribution < 1.29 is 28.2 Å². The Kier molecular flexibility index (Phi) is 4.08. The van der Waals surface area contributed by atoms with Crippen molar-refractivity contribution in [1.29, 1.82) is 0 Å². The van der Waals surface area contributed by atoms with Crippen LogP contribution in [0, 0.1) is 0 Å². The number of rotatable bonds is 3. The summed E-state index contributed by atoms with van der Waals surface area (Å²) < 4.78 is 37.7. The summed E-state index contributed by atoms with van der Waals surface area (Å²) in [5, 5.41) is 17.2. The molecule has 8 heteroatoms. The average molecular weight is 284 g/mol. The molecule has 0 aromatic heterocycles. The molecule has 1 atom stereocenters. The Hall–Kier alpha value is -1.47. The highest BCUT2D eigenvalue weighted by Gasteiger charge is 2.35. The topological polar surface area (TPSA) is 83.6 Å². The highest BCUT2D eigenvalue weighted by Crippen LogP contribution is 2.41. The van der Waals surface area contributed by atoms with Crippen LogP contribution in [0.15, 0.2) is 12.1 Å². The molecule has 0 fully saturated rings. The van der Waals surface area contributed by atoms with E-state index in [1.54, 1.807) is 0 Å². The van der Waals surface area contributed by atoms with Crippen molar-refractivity contribution in [3.05, 3.63) is 28.3 Å². The smallest absolute Gasteiger partial charge is 0.420 e. The van der Waals surface area contributed by atoms with Gasteiger partial charge in [0, 0.05) is 6.04 Å². The second-order valence-corrected chi connectivity index (χ2v) is 4.01. The molecule has 100 valence electrons. The molecule has 0 aliphatic rings. The maximum absolute atomic E-state index is 12.6. The molecule has 0 bridgehead atoms. The minimum atomic E-state index is -4.80. The van der Waals surface area contributed by atoms with Crippen LogP contribution >= 0.6 is 11.6 Å². The second-order valence-electron chi connectivity index (χ2n) is 3.60.